The summed E-state index contributed by atoms with van der Waals surface area (Å²) in [6, 6.07) is 0. The highest BCUT2D eigenvalue weighted by Crippen LogP contribution is 2.44. The molecule has 0 aromatic carbocycles. The van der Waals surface area contributed by atoms with E-state index in [0.717, 1.165) is 6.54 Å². The second-order valence-electron chi connectivity index (χ2n) is 3.46. The molecular weight excluding hydrogens is 156 g/mol. The van der Waals surface area contributed by atoms with Gasteiger partial charge in [0.25, 0.3) is 0 Å². The molecule has 1 saturated carbocycles. The second-order valence-corrected chi connectivity index (χ2v) is 4.20. The Kier molecular flexibility index (Phi) is 0.921. The van der Waals surface area contributed by atoms with Crippen molar-refractivity contribution in [2.45, 2.75) is 18.4 Å². The predicted octanol–water partition coefficient (Wildman–Crippen LogP) is 2.12. The number of hydrogen-bond donors (Lipinski definition) is 2. The lowest BCUT2D eigenvalue weighted by Gasteiger charge is -2.25. The van der Waals surface area contributed by atoms with Crippen LogP contribution in [0.5, 0.6) is 0 Å². The van der Waals surface area contributed by atoms with Crippen LogP contribution in [0.15, 0.2) is 10.8 Å². The molecule has 1 spiro atoms. The van der Waals surface area contributed by atoms with E-state index in [1.165, 1.54) is 24.2 Å². The summed E-state index contributed by atoms with van der Waals surface area (Å²) in [6.07, 6.45) is 2.66. The molecule has 2 N–H and O–H groups in total. The van der Waals surface area contributed by atoms with Gasteiger partial charge in [0.2, 0.25) is 0 Å². The Labute approximate surface area is 69.6 Å². The van der Waals surface area contributed by atoms with E-state index in [2.05, 4.69) is 21.4 Å². The molecule has 0 amide bonds. The Balaban J connectivity index is 2.00. The highest BCUT2D eigenvalue weighted by atomic mass is 32.1. The summed E-state index contributed by atoms with van der Waals surface area (Å²) < 4.78 is 0. The lowest BCUT2D eigenvalue weighted by atomic mass is 10.2. The Bertz CT molecular complexity index is 288. The molecule has 1 aliphatic heterocycles. The van der Waals surface area contributed by atoms with Crippen LogP contribution in [0.2, 0.25) is 0 Å². The van der Waals surface area contributed by atoms with Crippen LogP contribution in [0.25, 0.3) is 0 Å². The fraction of sp³-hybridized carbons (Fsp3) is 0.500. The molecule has 0 unspecified atom stereocenters. The summed E-state index contributed by atoms with van der Waals surface area (Å²) in [5.41, 5.74) is 3.03. The van der Waals surface area contributed by atoms with Gasteiger partial charge in [-0.05, 0) is 12.8 Å². The smallest absolute Gasteiger partial charge is 0.0689 e. The van der Waals surface area contributed by atoms with Gasteiger partial charge in [-0.1, -0.05) is 0 Å². The lowest BCUT2D eigenvalue weighted by Crippen LogP contribution is -2.34. The van der Waals surface area contributed by atoms with Gasteiger partial charge in [0, 0.05) is 17.3 Å². The van der Waals surface area contributed by atoms with Crippen LogP contribution >= 0.6 is 11.3 Å². The molecule has 3 heteroatoms. The highest BCUT2D eigenvalue weighted by molar-refractivity contribution is 7.09. The van der Waals surface area contributed by atoms with E-state index in [4.69, 9.17) is 0 Å². The van der Waals surface area contributed by atoms with Gasteiger partial charge in [-0.2, -0.15) is 0 Å². The van der Waals surface area contributed by atoms with Gasteiger partial charge in [-0.25, -0.2) is 0 Å². The molecule has 1 aliphatic carbocycles. The number of rotatable bonds is 0. The maximum absolute atomic E-state index is 3.58. The summed E-state index contributed by atoms with van der Waals surface area (Å²) in [5.74, 6) is 0. The molecule has 0 atom stereocenters. The van der Waals surface area contributed by atoms with Gasteiger partial charge < -0.3 is 10.6 Å². The minimum atomic E-state index is 0.439. The van der Waals surface area contributed by atoms with Crippen molar-refractivity contribution < 1.29 is 0 Å². The van der Waals surface area contributed by atoms with E-state index in [1.54, 1.807) is 11.3 Å². The molecule has 0 saturated heterocycles. The third-order valence-electron chi connectivity index (χ3n) is 2.53. The normalized spacial score (nSPS) is 23.6. The fourth-order valence-electron chi connectivity index (χ4n) is 1.58. The van der Waals surface area contributed by atoms with Gasteiger partial charge >= 0.3 is 0 Å². The highest BCUT2D eigenvalue weighted by Gasteiger charge is 2.44. The fourth-order valence-corrected chi connectivity index (χ4v) is 2.31. The maximum atomic E-state index is 3.58. The van der Waals surface area contributed by atoms with Gasteiger partial charge in [0.05, 0.1) is 16.9 Å². The van der Waals surface area contributed by atoms with E-state index < -0.39 is 0 Å². The van der Waals surface area contributed by atoms with E-state index >= 15 is 0 Å². The second kappa shape index (κ2) is 1.72. The Morgan fingerprint density at radius 2 is 2.09 bits per heavy atom. The quantitative estimate of drug-likeness (QED) is 0.617. The third kappa shape index (κ3) is 0.774. The van der Waals surface area contributed by atoms with Crippen LogP contribution in [0.4, 0.5) is 11.4 Å². The molecule has 1 aromatic heterocycles. The molecule has 2 heterocycles. The molecule has 0 bridgehead atoms. The average molecular weight is 166 g/mol. The number of hydrogen-bond acceptors (Lipinski definition) is 3. The predicted molar refractivity (Wildman–Crippen MR) is 48.4 cm³/mol. The zero-order chi connectivity index (χ0) is 7.31. The van der Waals surface area contributed by atoms with Crippen molar-refractivity contribution in [1.29, 1.82) is 0 Å². The number of fused-ring (bicyclic) bond motifs is 1. The van der Waals surface area contributed by atoms with Crippen molar-refractivity contribution in [2.75, 3.05) is 17.2 Å². The topological polar surface area (TPSA) is 24.1 Å². The lowest BCUT2D eigenvalue weighted by molar-refractivity contribution is 0.757. The molecule has 58 valence electrons. The van der Waals surface area contributed by atoms with Crippen LogP contribution in [-0.4, -0.2) is 12.1 Å². The summed E-state index contributed by atoms with van der Waals surface area (Å²) in [5, 5.41) is 11.4. The molecular formula is C8H10N2S. The standard InChI is InChI=1S/C8H10N2S/c1-2-8(1)5-9-6-3-11-4-7(6)10-8/h3-4,9-10H,1-2,5H2. The van der Waals surface area contributed by atoms with Crippen molar-refractivity contribution in [3.63, 3.8) is 0 Å². The number of nitrogens with one attached hydrogen (secondary N) is 2. The third-order valence-corrected chi connectivity index (χ3v) is 3.28. The SMILES string of the molecule is c1scc2c1NCC1(CC1)N2. The largest absolute Gasteiger partial charge is 0.380 e. The van der Waals surface area contributed by atoms with Crippen molar-refractivity contribution in [3.05, 3.63) is 10.8 Å². The first kappa shape index (κ1) is 5.89. The minimum absolute atomic E-state index is 0.439. The van der Waals surface area contributed by atoms with E-state index in [1.807, 2.05) is 0 Å². The van der Waals surface area contributed by atoms with Crippen molar-refractivity contribution in [3.8, 4) is 0 Å². The monoisotopic (exact) mass is 166 g/mol. The van der Waals surface area contributed by atoms with Gasteiger partial charge in [-0.3, -0.25) is 0 Å². The van der Waals surface area contributed by atoms with Crippen LogP contribution in [0.3, 0.4) is 0 Å². The maximum Gasteiger partial charge on any atom is 0.0689 e. The van der Waals surface area contributed by atoms with Crippen LogP contribution in [0.1, 0.15) is 12.8 Å². The summed E-state index contributed by atoms with van der Waals surface area (Å²) >= 11 is 1.76. The minimum Gasteiger partial charge on any atom is -0.380 e. The Morgan fingerprint density at radius 1 is 1.27 bits per heavy atom. The van der Waals surface area contributed by atoms with Crippen molar-refractivity contribution in [1.82, 2.24) is 0 Å². The summed E-state index contributed by atoms with van der Waals surface area (Å²) in [4.78, 5) is 0. The molecule has 1 fully saturated rings. The average Bonchev–Trinajstić information content (AvgIpc) is 2.63. The number of thiophene rings is 1. The number of anilines is 2. The van der Waals surface area contributed by atoms with Gasteiger partial charge in [0.15, 0.2) is 0 Å². The molecule has 1 aromatic rings. The Morgan fingerprint density at radius 3 is 2.91 bits per heavy atom. The van der Waals surface area contributed by atoms with Gasteiger partial charge in [0.1, 0.15) is 0 Å². The van der Waals surface area contributed by atoms with E-state index in [9.17, 15) is 0 Å². The first-order valence-electron chi connectivity index (χ1n) is 3.96. The first-order chi connectivity index (χ1) is 5.38. The summed E-state index contributed by atoms with van der Waals surface area (Å²) in [7, 11) is 0. The molecule has 11 heavy (non-hydrogen) atoms. The van der Waals surface area contributed by atoms with Gasteiger partial charge in [-0.15, -0.1) is 11.3 Å². The molecule has 0 radical (unpaired) electrons. The molecule has 2 nitrogen and oxygen atoms in total. The Hall–Kier alpha value is -0.700. The van der Waals surface area contributed by atoms with E-state index in [-0.39, 0.29) is 0 Å². The zero-order valence-electron chi connectivity index (χ0n) is 6.18. The van der Waals surface area contributed by atoms with Crippen LogP contribution in [0, 0.1) is 0 Å². The van der Waals surface area contributed by atoms with E-state index in [0.29, 0.717) is 5.54 Å². The van der Waals surface area contributed by atoms with Crippen molar-refractivity contribution in [2.24, 2.45) is 0 Å². The van der Waals surface area contributed by atoms with Crippen LogP contribution < -0.4 is 10.6 Å². The molecule has 3 rings (SSSR count). The zero-order valence-corrected chi connectivity index (χ0v) is 7.00. The molecule has 2 aliphatic rings. The summed E-state index contributed by atoms with van der Waals surface area (Å²) in [6.45, 7) is 1.11. The van der Waals surface area contributed by atoms with Crippen LogP contribution in [-0.2, 0) is 0 Å². The van der Waals surface area contributed by atoms with Crippen molar-refractivity contribution >= 4 is 22.7 Å². The first-order valence-corrected chi connectivity index (χ1v) is 4.91.